The summed E-state index contributed by atoms with van der Waals surface area (Å²) in [6, 6.07) is 6.21. The van der Waals surface area contributed by atoms with E-state index in [2.05, 4.69) is 59.6 Å². The number of hydrogen-bond acceptors (Lipinski definition) is 4. The van der Waals surface area contributed by atoms with Gasteiger partial charge in [-0.05, 0) is 45.2 Å². The highest BCUT2D eigenvalue weighted by atomic mass is 127. The van der Waals surface area contributed by atoms with Crippen molar-refractivity contribution in [1.82, 2.24) is 15.6 Å². The number of ether oxygens (including phenoxy) is 1. The van der Waals surface area contributed by atoms with E-state index in [4.69, 9.17) is 4.74 Å². The molecule has 26 heavy (non-hydrogen) atoms. The second-order valence-electron chi connectivity index (χ2n) is 6.02. The van der Waals surface area contributed by atoms with Gasteiger partial charge in [-0.3, -0.25) is 4.99 Å². The molecular weight excluding hydrogens is 459 g/mol. The summed E-state index contributed by atoms with van der Waals surface area (Å²) in [6.45, 7) is 10.5. The molecule has 144 valence electrons. The molecule has 2 rings (SSSR count). The molecule has 2 N–H and O–H groups in total. The lowest BCUT2D eigenvalue weighted by Crippen LogP contribution is -2.37. The Hall–Kier alpha value is -1.35. The minimum atomic E-state index is 0. The van der Waals surface area contributed by atoms with Crippen molar-refractivity contribution in [3.63, 3.8) is 0 Å². The van der Waals surface area contributed by atoms with E-state index < -0.39 is 0 Å². The van der Waals surface area contributed by atoms with Crippen molar-refractivity contribution in [1.29, 1.82) is 0 Å². The molecule has 0 aliphatic carbocycles. The normalized spacial score (nSPS) is 11.0. The maximum absolute atomic E-state index is 5.92. The van der Waals surface area contributed by atoms with Crippen LogP contribution in [0.4, 0.5) is 0 Å². The first-order chi connectivity index (χ1) is 12.0. The van der Waals surface area contributed by atoms with Gasteiger partial charge in [-0.1, -0.05) is 18.2 Å². The van der Waals surface area contributed by atoms with Crippen LogP contribution in [0.15, 0.2) is 23.2 Å². The standard InChI is InChI=1S/C19H28N4OS.HI/c1-13-8-6-9-14(2)18(13)24-11-7-10-21-19(20-5)22-12-17-23-15(3)16(4)25-17;/h6,8-9H,7,10-12H2,1-5H3,(H2,20,21,22);1H. The Morgan fingerprint density at radius 2 is 1.85 bits per heavy atom. The largest absolute Gasteiger partial charge is 0.493 e. The van der Waals surface area contributed by atoms with Crippen LogP contribution in [0.1, 0.15) is 33.1 Å². The lowest BCUT2D eigenvalue weighted by molar-refractivity contribution is 0.307. The van der Waals surface area contributed by atoms with Crippen LogP contribution in [0.25, 0.3) is 0 Å². The zero-order valence-corrected chi connectivity index (χ0v) is 19.3. The monoisotopic (exact) mass is 488 g/mol. The van der Waals surface area contributed by atoms with Crippen LogP contribution in [0, 0.1) is 27.7 Å². The average molecular weight is 488 g/mol. The van der Waals surface area contributed by atoms with Crippen molar-refractivity contribution in [3.8, 4) is 5.75 Å². The SMILES string of the molecule is CN=C(NCCCOc1c(C)cccc1C)NCc1nc(C)c(C)s1.I. The molecule has 0 amide bonds. The number of halogens is 1. The third-order valence-corrected chi connectivity index (χ3v) is 5.05. The zero-order valence-electron chi connectivity index (χ0n) is 16.2. The Morgan fingerprint density at radius 1 is 1.15 bits per heavy atom. The molecule has 0 saturated heterocycles. The molecule has 1 heterocycles. The number of nitrogens with one attached hydrogen (secondary N) is 2. The number of para-hydroxylation sites is 1. The fourth-order valence-corrected chi connectivity index (χ4v) is 3.35. The molecule has 1 aromatic heterocycles. The summed E-state index contributed by atoms with van der Waals surface area (Å²) >= 11 is 1.72. The van der Waals surface area contributed by atoms with Crippen LogP contribution in [0.5, 0.6) is 5.75 Å². The van der Waals surface area contributed by atoms with Crippen LogP contribution < -0.4 is 15.4 Å². The second kappa shape index (κ2) is 11.4. The average Bonchev–Trinajstić information content (AvgIpc) is 2.90. The Bertz CT molecular complexity index is 691. The van der Waals surface area contributed by atoms with E-state index in [0.717, 1.165) is 35.4 Å². The Morgan fingerprint density at radius 3 is 2.42 bits per heavy atom. The predicted octanol–water partition coefficient (Wildman–Crippen LogP) is 4.13. The minimum Gasteiger partial charge on any atom is -0.493 e. The van der Waals surface area contributed by atoms with Crippen LogP contribution >= 0.6 is 35.3 Å². The molecule has 0 spiro atoms. The maximum Gasteiger partial charge on any atom is 0.191 e. The van der Waals surface area contributed by atoms with E-state index >= 15 is 0 Å². The van der Waals surface area contributed by atoms with E-state index in [1.165, 1.54) is 16.0 Å². The van der Waals surface area contributed by atoms with Gasteiger partial charge in [0, 0.05) is 18.5 Å². The van der Waals surface area contributed by atoms with Crippen molar-refractivity contribution in [2.75, 3.05) is 20.2 Å². The molecule has 5 nitrogen and oxygen atoms in total. The summed E-state index contributed by atoms with van der Waals surface area (Å²) in [7, 11) is 1.78. The van der Waals surface area contributed by atoms with Gasteiger partial charge in [0.2, 0.25) is 0 Å². The fraction of sp³-hybridized carbons (Fsp3) is 0.474. The summed E-state index contributed by atoms with van der Waals surface area (Å²) < 4.78 is 5.92. The fourth-order valence-electron chi connectivity index (χ4n) is 2.47. The minimum absolute atomic E-state index is 0. The summed E-state index contributed by atoms with van der Waals surface area (Å²) in [4.78, 5) is 10.0. The number of hydrogen-bond donors (Lipinski definition) is 2. The van der Waals surface area contributed by atoms with Gasteiger partial charge in [-0.2, -0.15) is 0 Å². The van der Waals surface area contributed by atoms with Crippen molar-refractivity contribution < 1.29 is 4.74 Å². The zero-order chi connectivity index (χ0) is 18.2. The van der Waals surface area contributed by atoms with Crippen LogP contribution in [0.3, 0.4) is 0 Å². The van der Waals surface area contributed by atoms with Crippen molar-refractivity contribution in [3.05, 3.63) is 44.9 Å². The highest BCUT2D eigenvalue weighted by Crippen LogP contribution is 2.22. The lowest BCUT2D eigenvalue weighted by Gasteiger charge is -2.13. The van der Waals surface area contributed by atoms with Gasteiger partial charge in [0.1, 0.15) is 10.8 Å². The summed E-state index contributed by atoms with van der Waals surface area (Å²) in [5.41, 5.74) is 3.47. The number of benzene rings is 1. The number of aliphatic imine (C=N–C) groups is 1. The first-order valence-electron chi connectivity index (χ1n) is 8.57. The number of nitrogens with zero attached hydrogens (tertiary/aromatic N) is 2. The first-order valence-corrected chi connectivity index (χ1v) is 9.39. The topological polar surface area (TPSA) is 58.5 Å². The molecule has 0 saturated carbocycles. The number of guanidine groups is 1. The van der Waals surface area contributed by atoms with Gasteiger partial charge in [0.25, 0.3) is 0 Å². The van der Waals surface area contributed by atoms with Gasteiger partial charge in [0.15, 0.2) is 5.96 Å². The van der Waals surface area contributed by atoms with Crippen molar-refractivity contribution in [2.24, 2.45) is 4.99 Å². The smallest absolute Gasteiger partial charge is 0.191 e. The molecule has 0 atom stereocenters. The van der Waals surface area contributed by atoms with E-state index in [-0.39, 0.29) is 24.0 Å². The molecule has 0 aliphatic heterocycles. The Kier molecular flexibility index (Phi) is 9.93. The van der Waals surface area contributed by atoms with Crippen molar-refractivity contribution >= 4 is 41.3 Å². The second-order valence-corrected chi connectivity index (χ2v) is 7.31. The molecule has 0 fully saturated rings. The highest BCUT2D eigenvalue weighted by Gasteiger charge is 2.05. The maximum atomic E-state index is 5.92. The molecular formula is C19H29IN4OS. The summed E-state index contributed by atoms with van der Waals surface area (Å²) in [5.74, 6) is 1.79. The molecule has 7 heteroatoms. The third kappa shape index (κ3) is 6.75. The number of aryl methyl sites for hydroxylation is 4. The predicted molar refractivity (Wildman–Crippen MR) is 121 cm³/mol. The number of aromatic nitrogens is 1. The van der Waals surface area contributed by atoms with Crippen LogP contribution in [-0.4, -0.2) is 31.1 Å². The summed E-state index contributed by atoms with van der Waals surface area (Å²) in [6.07, 6.45) is 0.907. The molecule has 2 aromatic rings. The Balaban J connectivity index is 0.00000338. The number of thiazole rings is 1. The molecule has 0 unspecified atom stereocenters. The van der Waals surface area contributed by atoms with Crippen LogP contribution in [0.2, 0.25) is 0 Å². The van der Waals surface area contributed by atoms with E-state index in [0.29, 0.717) is 13.2 Å². The third-order valence-electron chi connectivity index (χ3n) is 3.97. The highest BCUT2D eigenvalue weighted by molar-refractivity contribution is 14.0. The first kappa shape index (κ1) is 22.7. The molecule has 0 bridgehead atoms. The van der Waals surface area contributed by atoms with Crippen molar-refractivity contribution in [2.45, 2.75) is 40.7 Å². The quantitative estimate of drug-likeness (QED) is 0.266. The van der Waals surface area contributed by atoms with E-state index in [9.17, 15) is 0 Å². The number of rotatable bonds is 7. The lowest BCUT2D eigenvalue weighted by atomic mass is 10.1. The Labute approximate surface area is 177 Å². The van der Waals surface area contributed by atoms with Gasteiger partial charge < -0.3 is 15.4 Å². The van der Waals surface area contributed by atoms with Crippen LogP contribution in [-0.2, 0) is 6.54 Å². The van der Waals surface area contributed by atoms with E-state index in [1.54, 1.807) is 18.4 Å². The van der Waals surface area contributed by atoms with Gasteiger partial charge >= 0.3 is 0 Å². The molecule has 1 aromatic carbocycles. The van der Waals surface area contributed by atoms with Gasteiger partial charge in [-0.25, -0.2) is 4.98 Å². The summed E-state index contributed by atoms with van der Waals surface area (Å²) in [5, 5.41) is 7.69. The van der Waals surface area contributed by atoms with E-state index in [1.807, 2.05) is 6.92 Å². The molecule has 0 radical (unpaired) electrons. The van der Waals surface area contributed by atoms with Gasteiger partial charge in [-0.15, -0.1) is 35.3 Å². The van der Waals surface area contributed by atoms with Gasteiger partial charge in [0.05, 0.1) is 18.8 Å². The molecule has 0 aliphatic rings.